The van der Waals surface area contributed by atoms with Crippen LogP contribution in [0.4, 0.5) is 0 Å². The van der Waals surface area contributed by atoms with Crippen molar-refractivity contribution in [1.82, 2.24) is 4.90 Å². The lowest BCUT2D eigenvalue weighted by Gasteiger charge is -2.32. The van der Waals surface area contributed by atoms with E-state index in [1.807, 2.05) is 55.6 Å². The molecule has 0 radical (unpaired) electrons. The maximum atomic E-state index is 10.8. The van der Waals surface area contributed by atoms with Gasteiger partial charge in [0.25, 0.3) is 0 Å². The highest BCUT2D eigenvalue weighted by Gasteiger charge is 2.26. The fraction of sp³-hybridized carbons (Fsp3) is 0.333. The zero-order valence-electron chi connectivity index (χ0n) is 13.1. The van der Waals surface area contributed by atoms with E-state index in [2.05, 4.69) is 17.0 Å². The van der Waals surface area contributed by atoms with Crippen LogP contribution in [0, 0.1) is 0 Å². The summed E-state index contributed by atoms with van der Waals surface area (Å²) in [5.41, 5.74) is 2.03. The summed E-state index contributed by atoms with van der Waals surface area (Å²) >= 11 is 0. The Morgan fingerprint density at radius 2 is 1.45 bits per heavy atom. The molecule has 1 N–H and O–H groups in total. The van der Waals surface area contributed by atoms with Crippen molar-refractivity contribution >= 4 is 12.4 Å². The number of likely N-dealkylation sites (N-methyl/N-ethyl adjacent to an activating group) is 1. The van der Waals surface area contributed by atoms with Crippen molar-refractivity contribution in [2.24, 2.45) is 0 Å². The van der Waals surface area contributed by atoms with Crippen molar-refractivity contribution in [3.05, 3.63) is 71.8 Å². The molecule has 0 saturated heterocycles. The van der Waals surface area contributed by atoms with E-state index in [0.717, 1.165) is 17.7 Å². The molecular formula is C18H24ClNO2. The summed E-state index contributed by atoms with van der Waals surface area (Å²) in [6, 6.07) is 19.8. The minimum atomic E-state index is -0.574. The minimum Gasteiger partial charge on any atom is -0.386 e. The van der Waals surface area contributed by atoms with Gasteiger partial charge < -0.3 is 9.84 Å². The number of benzene rings is 2. The molecule has 2 atom stereocenters. The molecule has 2 aromatic carbocycles. The van der Waals surface area contributed by atoms with Gasteiger partial charge in [-0.1, -0.05) is 60.7 Å². The first-order chi connectivity index (χ1) is 10.2. The number of rotatable bonds is 7. The zero-order valence-corrected chi connectivity index (χ0v) is 13.9. The molecule has 0 aliphatic rings. The molecule has 2 aromatic rings. The van der Waals surface area contributed by atoms with Gasteiger partial charge in [-0.15, -0.1) is 12.4 Å². The summed E-state index contributed by atoms with van der Waals surface area (Å²) in [5, 5.41) is 10.8. The predicted molar refractivity (Wildman–Crippen MR) is 92.3 cm³/mol. The number of aliphatic hydroxyl groups excluding tert-OH is 1. The van der Waals surface area contributed by atoms with Crippen molar-refractivity contribution in [1.29, 1.82) is 0 Å². The first-order valence-corrected chi connectivity index (χ1v) is 7.21. The average Bonchev–Trinajstić information content (AvgIpc) is 2.55. The highest BCUT2D eigenvalue weighted by molar-refractivity contribution is 5.85. The van der Waals surface area contributed by atoms with Crippen molar-refractivity contribution < 1.29 is 9.84 Å². The van der Waals surface area contributed by atoms with E-state index >= 15 is 0 Å². The second kappa shape index (κ2) is 9.59. The van der Waals surface area contributed by atoms with Gasteiger partial charge in [-0.3, -0.25) is 4.90 Å². The van der Waals surface area contributed by atoms with Crippen molar-refractivity contribution in [3.63, 3.8) is 0 Å². The Morgan fingerprint density at radius 1 is 0.955 bits per heavy atom. The molecule has 2 rings (SSSR count). The van der Waals surface area contributed by atoms with Gasteiger partial charge in [-0.25, -0.2) is 0 Å². The van der Waals surface area contributed by atoms with Crippen LogP contribution in [0.3, 0.4) is 0 Å². The molecule has 0 bridgehead atoms. The second-order valence-electron chi connectivity index (χ2n) is 5.18. The van der Waals surface area contributed by atoms with Gasteiger partial charge in [-0.2, -0.15) is 0 Å². The van der Waals surface area contributed by atoms with Gasteiger partial charge in [-0.05, 0) is 18.2 Å². The topological polar surface area (TPSA) is 32.7 Å². The third-order valence-electron chi connectivity index (χ3n) is 3.70. The van der Waals surface area contributed by atoms with Gasteiger partial charge in [0.05, 0.1) is 18.8 Å². The van der Waals surface area contributed by atoms with E-state index < -0.39 is 6.10 Å². The van der Waals surface area contributed by atoms with Crippen LogP contribution in [-0.4, -0.2) is 37.3 Å². The monoisotopic (exact) mass is 321 g/mol. The molecule has 4 heteroatoms. The van der Waals surface area contributed by atoms with Crippen molar-refractivity contribution in [2.75, 3.05) is 27.3 Å². The fourth-order valence-electron chi connectivity index (χ4n) is 2.53. The van der Waals surface area contributed by atoms with Gasteiger partial charge in [0.15, 0.2) is 0 Å². The minimum absolute atomic E-state index is 0. The molecule has 3 nitrogen and oxygen atoms in total. The Labute approximate surface area is 138 Å². The number of nitrogens with zero attached hydrogens (tertiary/aromatic N) is 1. The number of halogens is 1. The molecule has 2 unspecified atom stereocenters. The van der Waals surface area contributed by atoms with E-state index in [1.165, 1.54) is 0 Å². The SMILES string of the molecule is COCCN(C)C(c1ccccc1)C(O)c1ccccc1.Cl. The number of ether oxygens (including phenoxy) is 1. The van der Waals surface area contributed by atoms with E-state index in [4.69, 9.17) is 4.74 Å². The van der Waals surface area contributed by atoms with Crippen LogP contribution in [0.1, 0.15) is 23.3 Å². The predicted octanol–water partition coefficient (Wildman–Crippen LogP) is 3.46. The van der Waals surface area contributed by atoms with Crippen LogP contribution in [0.5, 0.6) is 0 Å². The normalized spacial score (nSPS) is 13.5. The average molecular weight is 322 g/mol. The number of hydrogen-bond acceptors (Lipinski definition) is 3. The summed E-state index contributed by atoms with van der Waals surface area (Å²) < 4.78 is 5.16. The Hall–Kier alpha value is -1.39. The third-order valence-corrected chi connectivity index (χ3v) is 3.70. The number of aliphatic hydroxyl groups is 1. The van der Waals surface area contributed by atoms with Crippen LogP contribution in [0.2, 0.25) is 0 Å². The summed E-state index contributed by atoms with van der Waals surface area (Å²) in [6.07, 6.45) is -0.574. The summed E-state index contributed by atoms with van der Waals surface area (Å²) in [4.78, 5) is 2.14. The standard InChI is InChI=1S/C18H23NO2.ClH/c1-19(13-14-21-2)17(15-9-5-3-6-10-15)18(20)16-11-7-4-8-12-16;/h3-12,17-18,20H,13-14H2,1-2H3;1H. The van der Waals surface area contributed by atoms with Crippen molar-refractivity contribution in [3.8, 4) is 0 Å². The summed E-state index contributed by atoms with van der Waals surface area (Å²) in [7, 11) is 3.71. The van der Waals surface area contributed by atoms with Crippen molar-refractivity contribution in [2.45, 2.75) is 12.1 Å². The van der Waals surface area contributed by atoms with E-state index in [0.29, 0.717) is 6.61 Å². The lowest BCUT2D eigenvalue weighted by atomic mass is 9.94. The zero-order chi connectivity index (χ0) is 15.1. The number of hydrogen-bond donors (Lipinski definition) is 1. The Morgan fingerprint density at radius 3 is 1.95 bits per heavy atom. The van der Waals surface area contributed by atoms with E-state index in [1.54, 1.807) is 7.11 Å². The van der Waals surface area contributed by atoms with Crippen LogP contribution >= 0.6 is 12.4 Å². The summed E-state index contributed by atoms with van der Waals surface area (Å²) in [5.74, 6) is 0. The molecule has 0 aliphatic carbocycles. The molecule has 120 valence electrons. The molecule has 0 aliphatic heterocycles. The highest BCUT2D eigenvalue weighted by atomic mass is 35.5. The molecule has 0 amide bonds. The van der Waals surface area contributed by atoms with Crippen LogP contribution in [-0.2, 0) is 4.74 Å². The van der Waals surface area contributed by atoms with E-state index in [9.17, 15) is 5.11 Å². The molecule has 0 heterocycles. The lowest BCUT2D eigenvalue weighted by molar-refractivity contribution is 0.0469. The van der Waals surface area contributed by atoms with Gasteiger partial charge in [0.2, 0.25) is 0 Å². The Bertz CT molecular complexity index is 521. The smallest absolute Gasteiger partial charge is 0.0986 e. The van der Waals surface area contributed by atoms with Crippen LogP contribution in [0.15, 0.2) is 60.7 Å². The van der Waals surface area contributed by atoms with Gasteiger partial charge in [0, 0.05) is 13.7 Å². The Balaban J connectivity index is 0.00000242. The first-order valence-electron chi connectivity index (χ1n) is 7.21. The number of methoxy groups -OCH3 is 1. The maximum absolute atomic E-state index is 10.8. The highest BCUT2D eigenvalue weighted by Crippen LogP contribution is 2.32. The fourth-order valence-corrected chi connectivity index (χ4v) is 2.53. The largest absolute Gasteiger partial charge is 0.386 e. The molecular weight excluding hydrogens is 298 g/mol. The quantitative estimate of drug-likeness (QED) is 0.847. The Kier molecular flexibility index (Phi) is 8.13. The first kappa shape index (κ1) is 18.7. The molecule has 0 fully saturated rings. The lowest BCUT2D eigenvalue weighted by Crippen LogP contribution is -2.32. The third kappa shape index (κ3) is 4.82. The van der Waals surface area contributed by atoms with Crippen LogP contribution in [0.25, 0.3) is 0 Å². The van der Waals surface area contributed by atoms with Gasteiger partial charge in [0.1, 0.15) is 0 Å². The molecule has 0 saturated carbocycles. The summed E-state index contributed by atoms with van der Waals surface area (Å²) in [6.45, 7) is 1.40. The molecule has 0 aromatic heterocycles. The molecule has 22 heavy (non-hydrogen) atoms. The van der Waals surface area contributed by atoms with Crippen LogP contribution < -0.4 is 0 Å². The second-order valence-corrected chi connectivity index (χ2v) is 5.18. The maximum Gasteiger partial charge on any atom is 0.0986 e. The van der Waals surface area contributed by atoms with E-state index in [-0.39, 0.29) is 18.4 Å². The molecule has 0 spiro atoms. The van der Waals surface area contributed by atoms with Gasteiger partial charge >= 0.3 is 0 Å².